The highest BCUT2D eigenvalue weighted by Gasteiger charge is 2.07. The fraction of sp³-hybridized carbons (Fsp3) is 0.872. The third kappa shape index (κ3) is 38.0. The Morgan fingerprint density at radius 2 is 0.906 bits per heavy atom. The quantitative estimate of drug-likeness (QED) is 0.0529. The van der Waals surface area contributed by atoms with Crippen LogP contribution in [0.3, 0.4) is 0 Å². The Labute approximate surface area is 339 Å². The van der Waals surface area contributed by atoms with Crippen molar-refractivity contribution in [1.82, 2.24) is 15.2 Å². The maximum Gasteiger partial charge on any atom is 0.220 e. The van der Waals surface area contributed by atoms with E-state index in [9.17, 15) is 4.79 Å². The minimum absolute atomic E-state index is 0.182. The molecule has 0 fully saturated rings. The van der Waals surface area contributed by atoms with Crippen LogP contribution in [0, 0.1) is 0 Å². The van der Waals surface area contributed by atoms with Gasteiger partial charge in [-0.25, -0.2) is 4.98 Å². The third-order valence-corrected chi connectivity index (χ3v) is 13.1. The molecule has 1 aromatic heterocycles. The van der Waals surface area contributed by atoms with Gasteiger partial charge in [0.25, 0.3) is 0 Å². The number of aromatic nitrogens is 1. The molecule has 0 spiro atoms. The third-order valence-electron chi connectivity index (χ3n) is 10.8. The first-order chi connectivity index (χ1) is 26.3. The molecule has 0 aliphatic rings. The van der Waals surface area contributed by atoms with Gasteiger partial charge < -0.3 is 10.2 Å². The van der Waals surface area contributed by atoms with E-state index in [1.807, 2.05) is 24.4 Å². The Morgan fingerprint density at radius 3 is 1.28 bits per heavy atom. The zero-order valence-corrected chi connectivity index (χ0v) is 37.1. The van der Waals surface area contributed by atoms with Crippen LogP contribution < -0.4 is 5.32 Å². The molecular weight excluding hydrogens is 687 g/mol. The van der Waals surface area contributed by atoms with Crippen LogP contribution in [0.15, 0.2) is 29.4 Å². The second-order valence-electron chi connectivity index (χ2n) is 16.0. The molecule has 6 heteroatoms. The molecule has 0 saturated heterocycles. The number of hydrogen-bond donors (Lipinski definition) is 1. The van der Waals surface area contributed by atoms with Crippen molar-refractivity contribution < 1.29 is 4.79 Å². The standard InChI is InChI=1S/C47H89N3OS2/c1-3-5-7-9-11-13-15-17-19-21-23-25-27-29-31-35-42-50(44-37-41-48-46(51)39-45-52-53-47-38-33-34-40-49-47)43-36-32-30-28-26-24-22-20-18-16-14-12-10-8-6-4-2/h33-34,38,40H,3-32,35-37,39,41-45H2,1-2H3,(H,48,51). The molecular formula is C47H89N3OS2. The summed E-state index contributed by atoms with van der Waals surface area (Å²) in [6.45, 7) is 8.97. The molecule has 0 aromatic carbocycles. The summed E-state index contributed by atoms with van der Waals surface area (Å²) in [4.78, 5) is 19.5. The molecule has 4 nitrogen and oxygen atoms in total. The normalized spacial score (nSPS) is 11.5. The van der Waals surface area contributed by atoms with Crippen LogP contribution in [0.25, 0.3) is 0 Å². The van der Waals surface area contributed by atoms with E-state index >= 15 is 0 Å². The van der Waals surface area contributed by atoms with E-state index in [4.69, 9.17) is 0 Å². The lowest BCUT2D eigenvalue weighted by Gasteiger charge is -2.22. The summed E-state index contributed by atoms with van der Waals surface area (Å²) in [5.41, 5.74) is 0. The van der Waals surface area contributed by atoms with E-state index < -0.39 is 0 Å². The number of hydrogen-bond acceptors (Lipinski definition) is 5. The molecule has 0 radical (unpaired) electrons. The smallest absolute Gasteiger partial charge is 0.220 e. The minimum atomic E-state index is 0.182. The number of pyridine rings is 1. The highest BCUT2D eigenvalue weighted by Crippen LogP contribution is 2.29. The molecule has 0 unspecified atom stereocenters. The van der Waals surface area contributed by atoms with Crippen LogP contribution in [-0.4, -0.2) is 47.7 Å². The van der Waals surface area contributed by atoms with Crippen molar-refractivity contribution in [1.29, 1.82) is 0 Å². The summed E-state index contributed by atoms with van der Waals surface area (Å²) in [6.07, 6.45) is 49.1. The highest BCUT2D eigenvalue weighted by atomic mass is 33.1. The number of unbranched alkanes of at least 4 members (excludes halogenated alkanes) is 30. The number of rotatable bonds is 43. The number of carbonyl (C=O) groups is 1. The average Bonchev–Trinajstić information content (AvgIpc) is 3.17. The predicted molar refractivity (Wildman–Crippen MR) is 240 cm³/mol. The van der Waals surface area contributed by atoms with Gasteiger partial charge in [-0.3, -0.25) is 4.79 Å². The van der Waals surface area contributed by atoms with Crippen molar-refractivity contribution in [2.75, 3.05) is 31.9 Å². The molecule has 1 rings (SSSR count). The minimum Gasteiger partial charge on any atom is -0.356 e. The van der Waals surface area contributed by atoms with Gasteiger partial charge in [0.15, 0.2) is 0 Å². The number of carbonyl (C=O) groups excluding carboxylic acids is 1. The van der Waals surface area contributed by atoms with Gasteiger partial charge >= 0.3 is 0 Å². The van der Waals surface area contributed by atoms with Crippen LogP contribution in [0.2, 0.25) is 0 Å². The number of amides is 1. The summed E-state index contributed by atoms with van der Waals surface area (Å²) >= 11 is 0. The Kier molecular flexibility index (Phi) is 40.3. The van der Waals surface area contributed by atoms with Gasteiger partial charge in [-0.15, -0.1) is 0 Å². The predicted octanol–water partition coefficient (Wildman–Crippen LogP) is 15.5. The van der Waals surface area contributed by atoms with E-state index in [2.05, 4.69) is 29.0 Å². The average molecular weight is 776 g/mol. The van der Waals surface area contributed by atoms with Gasteiger partial charge in [0.05, 0.1) is 0 Å². The van der Waals surface area contributed by atoms with Gasteiger partial charge in [0.1, 0.15) is 5.03 Å². The van der Waals surface area contributed by atoms with Crippen LogP contribution in [-0.2, 0) is 4.79 Å². The van der Waals surface area contributed by atoms with Gasteiger partial charge in [-0.1, -0.05) is 223 Å². The Balaban J connectivity index is 2.12. The lowest BCUT2D eigenvalue weighted by Crippen LogP contribution is -2.31. The summed E-state index contributed by atoms with van der Waals surface area (Å²) < 4.78 is 0. The molecule has 0 atom stereocenters. The van der Waals surface area contributed by atoms with Crippen molar-refractivity contribution in [2.24, 2.45) is 0 Å². The Hall–Kier alpha value is -0.720. The summed E-state index contributed by atoms with van der Waals surface area (Å²) in [5, 5.41) is 4.19. The van der Waals surface area contributed by atoms with Crippen molar-refractivity contribution in [2.45, 2.75) is 237 Å². The fourth-order valence-electron chi connectivity index (χ4n) is 7.35. The molecule has 1 amide bonds. The summed E-state index contributed by atoms with van der Waals surface area (Å²) in [7, 11) is 3.37. The van der Waals surface area contributed by atoms with Crippen molar-refractivity contribution in [3.8, 4) is 0 Å². The van der Waals surface area contributed by atoms with Crippen LogP contribution in [0.4, 0.5) is 0 Å². The fourth-order valence-corrected chi connectivity index (χ4v) is 9.22. The lowest BCUT2D eigenvalue weighted by molar-refractivity contribution is -0.120. The van der Waals surface area contributed by atoms with E-state index in [0.717, 1.165) is 30.3 Å². The first kappa shape index (κ1) is 50.3. The Morgan fingerprint density at radius 1 is 0.528 bits per heavy atom. The second kappa shape index (κ2) is 42.4. The van der Waals surface area contributed by atoms with E-state index in [-0.39, 0.29) is 5.91 Å². The van der Waals surface area contributed by atoms with Gasteiger partial charge in [-0.05, 0) is 61.8 Å². The SMILES string of the molecule is CCCCCCCCCCCCCCCCCCN(CCCCCCCCCCCCCCCCCC)CCCNC(=O)CCSSc1ccccn1. The molecule has 53 heavy (non-hydrogen) atoms. The number of nitrogens with zero attached hydrogens (tertiary/aromatic N) is 2. The van der Waals surface area contributed by atoms with Crippen LogP contribution in [0.1, 0.15) is 232 Å². The highest BCUT2D eigenvalue weighted by molar-refractivity contribution is 8.76. The van der Waals surface area contributed by atoms with Gasteiger partial charge in [0.2, 0.25) is 5.91 Å². The molecule has 0 aliphatic carbocycles. The first-order valence-corrected chi connectivity index (χ1v) is 25.8. The van der Waals surface area contributed by atoms with E-state index in [1.54, 1.807) is 21.6 Å². The topological polar surface area (TPSA) is 45.2 Å². The largest absolute Gasteiger partial charge is 0.356 e. The van der Waals surface area contributed by atoms with Gasteiger partial charge in [0, 0.05) is 24.9 Å². The zero-order valence-electron chi connectivity index (χ0n) is 35.5. The molecule has 0 aliphatic heterocycles. The van der Waals surface area contributed by atoms with Crippen LogP contribution >= 0.6 is 21.6 Å². The zero-order chi connectivity index (χ0) is 38.0. The molecule has 1 N–H and O–H groups in total. The van der Waals surface area contributed by atoms with Gasteiger partial charge in [-0.2, -0.15) is 0 Å². The second-order valence-corrected chi connectivity index (χ2v) is 18.4. The molecule has 1 heterocycles. The van der Waals surface area contributed by atoms with E-state index in [0.29, 0.717) is 6.42 Å². The summed E-state index contributed by atoms with van der Waals surface area (Å²) in [6, 6.07) is 5.96. The molecule has 1 aromatic rings. The first-order valence-electron chi connectivity index (χ1n) is 23.5. The lowest BCUT2D eigenvalue weighted by atomic mass is 10.0. The summed E-state index contributed by atoms with van der Waals surface area (Å²) in [5.74, 6) is 0.999. The molecule has 0 bridgehead atoms. The molecule has 0 saturated carbocycles. The van der Waals surface area contributed by atoms with Crippen molar-refractivity contribution in [3.05, 3.63) is 24.4 Å². The Bertz CT molecular complexity index is 821. The van der Waals surface area contributed by atoms with Crippen LogP contribution in [0.5, 0.6) is 0 Å². The van der Waals surface area contributed by atoms with Crippen molar-refractivity contribution >= 4 is 27.5 Å². The maximum atomic E-state index is 12.4. The maximum absolute atomic E-state index is 12.4. The molecule has 310 valence electrons. The monoisotopic (exact) mass is 776 g/mol. The van der Waals surface area contributed by atoms with E-state index in [1.165, 1.54) is 219 Å². The van der Waals surface area contributed by atoms with Crippen molar-refractivity contribution in [3.63, 3.8) is 0 Å². The number of nitrogens with one attached hydrogen (secondary N) is 1.